The van der Waals surface area contributed by atoms with E-state index in [2.05, 4.69) is 20.8 Å². The Labute approximate surface area is 242 Å². The number of hydrogen-bond donors (Lipinski definition) is 3. The molecular formula is C25H25N6O6S3. The molecule has 209 valence electrons. The van der Waals surface area contributed by atoms with Crippen molar-refractivity contribution in [2.45, 2.75) is 31.7 Å². The lowest BCUT2D eigenvalue weighted by Gasteiger charge is -2.49. The number of β-lactam (4-membered cyclic amide) rings is 1. The van der Waals surface area contributed by atoms with E-state index in [0.717, 1.165) is 34.2 Å². The van der Waals surface area contributed by atoms with Gasteiger partial charge in [-0.3, -0.25) is 28.9 Å². The molecule has 1 fully saturated rings. The zero-order chi connectivity index (χ0) is 29.0. The molecule has 12 nitrogen and oxygen atoms in total. The third-order valence-electron chi connectivity index (χ3n) is 6.12. The van der Waals surface area contributed by atoms with E-state index >= 15 is 0 Å². The summed E-state index contributed by atoms with van der Waals surface area (Å²) in [6, 6.07) is 4.54. The number of amides is 3. The van der Waals surface area contributed by atoms with Gasteiger partial charge in [-0.25, -0.2) is 4.98 Å². The monoisotopic (exact) mass is 601 g/mol. The lowest BCUT2D eigenvalue weighted by molar-refractivity contribution is -0.144. The molecule has 1 radical (unpaired) electrons. The van der Waals surface area contributed by atoms with Crippen LogP contribution < -0.4 is 16.4 Å². The summed E-state index contributed by atoms with van der Waals surface area (Å²) in [5.41, 5.74) is 8.87. The number of nitrogen functional groups attached to an aromatic ring is 1. The predicted molar refractivity (Wildman–Crippen MR) is 154 cm³/mol. The molecule has 0 bridgehead atoms. The number of carbonyl (C=O) groups excluding carboxylic acids is 5. The summed E-state index contributed by atoms with van der Waals surface area (Å²) < 4.78 is 0. The molecule has 40 heavy (non-hydrogen) atoms. The van der Waals surface area contributed by atoms with Crippen molar-refractivity contribution in [1.29, 1.82) is 0 Å². The number of nitrogens with one attached hydrogen (secondary N) is 2. The quantitative estimate of drug-likeness (QED) is 0.206. The van der Waals surface area contributed by atoms with Crippen LogP contribution in [0.15, 0.2) is 40.0 Å². The van der Waals surface area contributed by atoms with Gasteiger partial charge in [0.05, 0.1) is 11.4 Å². The maximum Gasteiger partial charge on any atom is 0.276 e. The number of oxime groups is 1. The first-order chi connectivity index (χ1) is 19.1. The Bertz CT molecular complexity index is 1440. The van der Waals surface area contributed by atoms with E-state index in [1.54, 1.807) is 17.5 Å². The van der Waals surface area contributed by atoms with Gasteiger partial charge >= 0.3 is 0 Å². The minimum Gasteiger partial charge on any atom is -0.398 e. The number of aromatic nitrogens is 1. The van der Waals surface area contributed by atoms with Gasteiger partial charge in [-0.1, -0.05) is 29.1 Å². The number of anilines is 2. The van der Waals surface area contributed by atoms with Crippen LogP contribution in [0.2, 0.25) is 0 Å². The van der Waals surface area contributed by atoms with Crippen molar-refractivity contribution in [3.63, 3.8) is 0 Å². The molecule has 1 aromatic heterocycles. The first kappa shape index (κ1) is 29.3. The number of allylic oxidation sites excluding steroid dienone is 1. The van der Waals surface area contributed by atoms with Crippen LogP contribution in [0.25, 0.3) is 0 Å². The molecule has 2 aliphatic heterocycles. The Hall–Kier alpha value is -3.69. The van der Waals surface area contributed by atoms with Crippen LogP contribution in [0.3, 0.4) is 0 Å². The highest BCUT2D eigenvalue weighted by atomic mass is 32.2. The zero-order valence-electron chi connectivity index (χ0n) is 21.7. The van der Waals surface area contributed by atoms with E-state index in [1.807, 2.05) is 19.3 Å². The summed E-state index contributed by atoms with van der Waals surface area (Å²) in [6.45, 7) is 3.25. The minimum atomic E-state index is -0.881. The molecular weight excluding hydrogens is 577 g/mol. The Morgan fingerprint density at radius 3 is 2.77 bits per heavy atom. The first-order valence-electron chi connectivity index (χ1n) is 11.8. The number of fused-ring (bicyclic) bond motifs is 1. The summed E-state index contributed by atoms with van der Waals surface area (Å²) in [5, 5.41) is 10.4. The summed E-state index contributed by atoms with van der Waals surface area (Å²) >= 11 is 3.47. The van der Waals surface area contributed by atoms with Crippen LogP contribution in [0, 0.1) is 6.92 Å². The molecule has 2 aromatic rings. The first-order valence-corrected chi connectivity index (χ1v) is 14.8. The van der Waals surface area contributed by atoms with E-state index in [0.29, 0.717) is 23.4 Å². The molecule has 2 aliphatic rings. The Kier molecular flexibility index (Phi) is 9.27. The molecule has 1 saturated heterocycles. The standard InChI is InChI=1S/C25H25N6O6S3/c1-12-14(5-4-6-16(12)27-19(34)11-38-13(2)33)7-15-9-39-24-21(23(36)31(24)18(15)8-32)29-22(35)20(30-37-3)17-10-40-25(26)28-17/h4-6,10,21,24H,7,9,11H2,1-3H3,(H2,26,28)(H,27,34)(H,29,35)/b30-20-/t21-,24-/m1/s1. The summed E-state index contributed by atoms with van der Waals surface area (Å²) in [5.74, 6) is -0.963. The Morgan fingerprint density at radius 2 is 2.12 bits per heavy atom. The Morgan fingerprint density at radius 1 is 1.35 bits per heavy atom. The summed E-state index contributed by atoms with van der Waals surface area (Å²) in [7, 11) is 1.29. The van der Waals surface area contributed by atoms with Crippen LogP contribution in [0.5, 0.6) is 0 Å². The van der Waals surface area contributed by atoms with E-state index in [1.165, 1.54) is 30.7 Å². The van der Waals surface area contributed by atoms with Crippen LogP contribution in [0.1, 0.15) is 23.7 Å². The fourth-order valence-electron chi connectivity index (χ4n) is 4.18. The fourth-order valence-corrected chi connectivity index (χ4v) is 6.48. The second kappa shape index (κ2) is 12.7. The maximum atomic E-state index is 13.1. The van der Waals surface area contributed by atoms with Gasteiger partial charge < -0.3 is 21.2 Å². The van der Waals surface area contributed by atoms with Gasteiger partial charge in [0.2, 0.25) is 5.91 Å². The molecule has 1 aromatic carbocycles. The number of thiazole rings is 1. The van der Waals surface area contributed by atoms with Crippen molar-refractivity contribution in [3.8, 4) is 0 Å². The second-order valence-corrected chi connectivity index (χ2v) is 11.9. The van der Waals surface area contributed by atoms with Crippen LogP contribution >= 0.6 is 34.9 Å². The minimum absolute atomic E-state index is 0.0118. The third-order valence-corrected chi connectivity index (χ3v) is 8.95. The van der Waals surface area contributed by atoms with Crippen molar-refractivity contribution in [2.75, 3.05) is 29.7 Å². The lowest BCUT2D eigenvalue weighted by Crippen LogP contribution is -2.70. The van der Waals surface area contributed by atoms with Gasteiger partial charge in [-0.2, -0.15) is 0 Å². The largest absolute Gasteiger partial charge is 0.398 e. The highest BCUT2D eigenvalue weighted by molar-refractivity contribution is 8.14. The summed E-state index contributed by atoms with van der Waals surface area (Å²) in [6.07, 6.45) is 2.27. The number of benzene rings is 1. The van der Waals surface area contributed by atoms with Gasteiger partial charge in [0.15, 0.2) is 16.0 Å². The van der Waals surface area contributed by atoms with Crippen molar-refractivity contribution in [3.05, 3.63) is 51.7 Å². The molecule has 0 unspecified atom stereocenters. The van der Waals surface area contributed by atoms with Gasteiger partial charge in [-0.15, -0.1) is 23.1 Å². The van der Waals surface area contributed by atoms with Crippen LogP contribution in [-0.2, 0) is 35.2 Å². The molecule has 4 N–H and O–H groups in total. The highest BCUT2D eigenvalue weighted by Gasteiger charge is 2.53. The number of nitrogens with two attached hydrogens (primary N) is 1. The molecule has 2 atom stereocenters. The van der Waals surface area contributed by atoms with E-state index in [9.17, 15) is 24.0 Å². The topological polar surface area (TPSA) is 173 Å². The predicted octanol–water partition coefficient (Wildman–Crippen LogP) is 1.61. The van der Waals surface area contributed by atoms with Crippen molar-refractivity contribution >= 4 is 80.5 Å². The molecule has 15 heteroatoms. The van der Waals surface area contributed by atoms with Gasteiger partial charge in [-0.05, 0) is 36.1 Å². The zero-order valence-corrected chi connectivity index (χ0v) is 24.1. The van der Waals surface area contributed by atoms with Crippen LogP contribution in [0.4, 0.5) is 10.8 Å². The van der Waals surface area contributed by atoms with Gasteiger partial charge in [0.1, 0.15) is 24.2 Å². The fraction of sp³-hybridized carbons (Fsp3) is 0.320. The van der Waals surface area contributed by atoms with Gasteiger partial charge in [0.25, 0.3) is 18.1 Å². The number of carbonyl (C=O) groups is 4. The van der Waals surface area contributed by atoms with Gasteiger partial charge in [0, 0.05) is 23.7 Å². The normalized spacial score (nSPS) is 18.5. The molecule has 3 amide bonds. The smallest absolute Gasteiger partial charge is 0.276 e. The summed E-state index contributed by atoms with van der Waals surface area (Å²) in [4.78, 5) is 71.6. The second-order valence-electron chi connectivity index (χ2n) is 8.70. The molecule has 0 spiro atoms. The molecule has 3 heterocycles. The average molecular weight is 602 g/mol. The van der Waals surface area contributed by atoms with E-state index in [4.69, 9.17) is 10.6 Å². The number of rotatable bonds is 10. The Balaban J connectivity index is 1.47. The number of thioether (sulfide) groups is 2. The van der Waals surface area contributed by atoms with Crippen molar-refractivity contribution in [1.82, 2.24) is 15.2 Å². The number of nitrogens with zero attached hydrogens (tertiary/aromatic N) is 3. The third kappa shape index (κ3) is 6.21. The number of hydrogen-bond acceptors (Lipinski definition) is 12. The molecule has 0 saturated carbocycles. The SMILES string of the molecule is CO/N=C(\C(=O)N[C@@H]1C(=O)N2C([C]=O)=C(Cc3cccc(NC(=O)CSC(C)=O)c3C)CS[C@H]12)c1csc(N)n1. The lowest BCUT2D eigenvalue weighted by atomic mass is 9.96. The van der Waals surface area contributed by atoms with E-state index < -0.39 is 23.2 Å². The maximum absolute atomic E-state index is 13.1. The van der Waals surface area contributed by atoms with E-state index in [-0.39, 0.29) is 39.0 Å². The highest BCUT2D eigenvalue weighted by Crippen LogP contribution is 2.40. The van der Waals surface area contributed by atoms with Crippen molar-refractivity contribution < 1.29 is 28.8 Å². The van der Waals surface area contributed by atoms with Crippen LogP contribution in [-0.4, -0.2) is 74.7 Å². The molecule has 0 aliphatic carbocycles. The average Bonchev–Trinajstić information content (AvgIpc) is 3.36. The molecule has 4 rings (SSSR count). The van der Waals surface area contributed by atoms with Crippen molar-refractivity contribution in [2.24, 2.45) is 5.16 Å².